The molecular weight excluding hydrogens is 340 g/mol. The molecule has 0 fully saturated rings. The summed E-state index contributed by atoms with van der Waals surface area (Å²) in [4.78, 5) is 31.3. The predicted molar refractivity (Wildman–Crippen MR) is 104 cm³/mol. The Kier molecular flexibility index (Phi) is 4.39. The maximum absolute atomic E-state index is 12.5. The van der Waals surface area contributed by atoms with Gasteiger partial charge in [-0.05, 0) is 37.6 Å². The van der Waals surface area contributed by atoms with E-state index in [0.717, 1.165) is 17.6 Å². The zero-order valence-electron chi connectivity index (χ0n) is 15.5. The van der Waals surface area contributed by atoms with Crippen molar-refractivity contribution in [2.45, 2.75) is 26.9 Å². The van der Waals surface area contributed by atoms with Crippen LogP contribution in [0.25, 0.3) is 11.0 Å². The third-order valence-electron chi connectivity index (χ3n) is 5.04. The molecule has 3 aromatic rings. The number of nitrogens with zero attached hydrogens (tertiary/aromatic N) is 3. The standard InChI is InChI=1S/C21H22N4O2/c1-3-24-10-11-25-18-9-8-16(12-17(18)23-19(25)21(24)27)20(26)22-13-15-6-4-14(2)5-7-15/h4-9,12H,3,10-11,13H2,1-2H3,(H,22,26). The lowest BCUT2D eigenvalue weighted by atomic mass is 10.1. The van der Waals surface area contributed by atoms with E-state index >= 15 is 0 Å². The Morgan fingerprint density at radius 1 is 1.15 bits per heavy atom. The highest BCUT2D eigenvalue weighted by atomic mass is 16.2. The van der Waals surface area contributed by atoms with Crippen molar-refractivity contribution in [1.29, 1.82) is 0 Å². The first-order chi connectivity index (χ1) is 13.1. The normalized spacial score (nSPS) is 13.7. The summed E-state index contributed by atoms with van der Waals surface area (Å²) in [6, 6.07) is 13.5. The van der Waals surface area contributed by atoms with Crippen LogP contribution in [0.5, 0.6) is 0 Å². The van der Waals surface area contributed by atoms with Gasteiger partial charge >= 0.3 is 0 Å². The van der Waals surface area contributed by atoms with Gasteiger partial charge in [-0.2, -0.15) is 0 Å². The van der Waals surface area contributed by atoms with Crippen LogP contribution in [0.3, 0.4) is 0 Å². The first-order valence-corrected chi connectivity index (χ1v) is 9.20. The zero-order valence-corrected chi connectivity index (χ0v) is 15.5. The van der Waals surface area contributed by atoms with Gasteiger partial charge < -0.3 is 14.8 Å². The molecule has 2 amide bonds. The molecule has 0 radical (unpaired) electrons. The number of hydrogen-bond donors (Lipinski definition) is 1. The molecule has 0 atom stereocenters. The average molecular weight is 362 g/mol. The van der Waals surface area contributed by atoms with Gasteiger partial charge in [0.25, 0.3) is 11.8 Å². The van der Waals surface area contributed by atoms with Crippen molar-refractivity contribution < 1.29 is 9.59 Å². The van der Waals surface area contributed by atoms with E-state index in [1.165, 1.54) is 5.56 Å². The van der Waals surface area contributed by atoms with Gasteiger partial charge in [0.1, 0.15) is 0 Å². The highest BCUT2D eigenvalue weighted by Gasteiger charge is 2.27. The molecule has 6 heteroatoms. The Bertz CT molecular complexity index is 1020. The summed E-state index contributed by atoms with van der Waals surface area (Å²) in [6.45, 7) is 6.56. The molecular formula is C21H22N4O2. The summed E-state index contributed by atoms with van der Waals surface area (Å²) in [5, 5.41) is 2.94. The molecule has 0 saturated carbocycles. The third kappa shape index (κ3) is 3.18. The lowest BCUT2D eigenvalue weighted by Gasteiger charge is -2.26. The summed E-state index contributed by atoms with van der Waals surface area (Å²) < 4.78 is 1.94. The number of aromatic nitrogens is 2. The second-order valence-corrected chi connectivity index (χ2v) is 6.84. The van der Waals surface area contributed by atoms with Crippen LogP contribution in [-0.2, 0) is 13.1 Å². The van der Waals surface area contributed by atoms with Gasteiger partial charge in [0.05, 0.1) is 11.0 Å². The number of imidazole rings is 1. The minimum absolute atomic E-state index is 0.0506. The van der Waals surface area contributed by atoms with Gasteiger partial charge in [-0.25, -0.2) is 4.98 Å². The Hall–Kier alpha value is -3.15. The number of carbonyl (C=O) groups excluding carboxylic acids is 2. The number of nitrogens with one attached hydrogen (secondary N) is 1. The number of carbonyl (C=O) groups is 2. The molecule has 1 aromatic heterocycles. The smallest absolute Gasteiger partial charge is 0.289 e. The van der Waals surface area contributed by atoms with Gasteiger partial charge in [-0.15, -0.1) is 0 Å². The third-order valence-corrected chi connectivity index (χ3v) is 5.04. The fraction of sp³-hybridized carbons (Fsp3) is 0.286. The van der Waals surface area contributed by atoms with Gasteiger partial charge in [0.2, 0.25) is 0 Å². The predicted octanol–water partition coefficient (Wildman–Crippen LogP) is 2.75. The van der Waals surface area contributed by atoms with E-state index in [1.54, 1.807) is 17.0 Å². The number of benzene rings is 2. The first-order valence-electron chi connectivity index (χ1n) is 9.20. The fourth-order valence-electron chi connectivity index (χ4n) is 3.42. The van der Waals surface area contributed by atoms with E-state index in [0.29, 0.717) is 36.5 Å². The number of fused-ring (bicyclic) bond motifs is 3. The largest absolute Gasteiger partial charge is 0.348 e. The molecule has 0 spiro atoms. The quantitative estimate of drug-likeness (QED) is 0.776. The van der Waals surface area contributed by atoms with Crippen molar-refractivity contribution in [3.63, 3.8) is 0 Å². The second-order valence-electron chi connectivity index (χ2n) is 6.84. The molecule has 0 bridgehead atoms. The summed E-state index contributed by atoms with van der Waals surface area (Å²) in [5.74, 6) is 0.255. The van der Waals surface area contributed by atoms with Crippen LogP contribution in [0.1, 0.15) is 39.0 Å². The highest BCUT2D eigenvalue weighted by molar-refractivity contribution is 5.99. The summed E-state index contributed by atoms with van der Waals surface area (Å²) in [6.07, 6.45) is 0. The molecule has 6 nitrogen and oxygen atoms in total. The van der Waals surface area contributed by atoms with E-state index in [4.69, 9.17) is 0 Å². The lowest BCUT2D eigenvalue weighted by molar-refractivity contribution is 0.0709. The van der Waals surface area contributed by atoms with E-state index in [-0.39, 0.29) is 11.8 Å². The molecule has 138 valence electrons. The topological polar surface area (TPSA) is 67.2 Å². The number of amides is 2. The zero-order chi connectivity index (χ0) is 19.0. The molecule has 2 heterocycles. The van der Waals surface area contributed by atoms with E-state index in [9.17, 15) is 9.59 Å². The van der Waals surface area contributed by atoms with Crippen molar-refractivity contribution in [1.82, 2.24) is 19.8 Å². The Labute approximate surface area is 157 Å². The molecule has 1 N–H and O–H groups in total. The van der Waals surface area contributed by atoms with Crippen molar-refractivity contribution >= 4 is 22.8 Å². The molecule has 2 aromatic carbocycles. The van der Waals surface area contributed by atoms with Gasteiger partial charge in [-0.1, -0.05) is 29.8 Å². The van der Waals surface area contributed by atoms with Crippen LogP contribution in [0.15, 0.2) is 42.5 Å². The Morgan fingerprint density at radius 3 is 2.67 bits per heavy atom. The molecule has 0 unspecified atom stereocenters. The van der Waals surface area contributed by atoms with Crippen molar-refractivity contribution in [2.24, 2.45) is 0 Å². The van der Waals surface area contributed by atoms with Crippen molar-refractivity contribution in [2.75, 3.05) is 13.1 Å². The minimum Gasteiger partial charge on any atom is -0.348 e. The molecule has 1 aliphatic heterocycles. The molecule has 27 heavy (non-hydrogen) atoms. The van der Waals surface area contributed by atoms with E-state index in [2.05, 4.69) is 10.3 Å². The van der Waals surface area contributed by atoms with Crippen LogP contribution < -0.4 is 5.32 Å². The lowest BCUT2D eigenvalue weighted by Crippen LogP contribution is -2.40. The maximum Gasteiger partial charge on any atom is 0.289 e. The summed E-state index contributed by atoms with van der Waals surface area (Å²) in [5.41, 5.74) is 4.36. The van der Waals surface area contributed by atoms with Gasteiger partial charge in [0, 0.05) is 31.7 Å². The second kappa shape index (κ2) is 6.87. The molecule has 1 aliphatic rings. The van der Waals surface area contributed by atoms with E-state index in [1.807, 2.05) is 48.7 Å². The maximum atomic E-state index is 12.5. The van der Waals surface area contributed by atoms with Crippen LogP contribution in [-0.4, -0.2) is 39.4 Å². The van der Waals surface area contributed by atoms with Crippen molar-refractivity contribution in [3.8, 4) is 0 Å². The molecule has 0 saturated heterocycles. The van der Waals surface area contributed by atoms with E-state index < -0.39 is 0 Å². The number of rotatable bonds is 4. The first kappa shape index (κ1) is 17.3. The Morgan fingerprint density at radius 2 is 1.93 bits per heavy atom. The highest BCUT2D eigenvalue weighted by Crippen LogP contribution is 2.22. The van der Waals surface area contributed by atoms with Crippen LogP contribution in [0.4, 0.5) is 0 Å². The van der Waals surface area contributed by atoms with Gasteiger partial charge in [0.15, 0.2) is 5.82 Å². The number of likely N-dealkylation sites (N-methyl/N-ethyl adjacent to an activating group) is 1. The molecule has 4 rings (SSSR count). The van der Waals surface area contributed by atoms with Crippen molar-refractivity contribution in [3.05, 3.63) is 65.0 Å². The number of aryl methyl sites for hydroxylation is 1. The van der Waals surface area contributed by atoms with Crippen LogP contribution >= 0.6 is 0 Å². The summed E-state index contributed by atoms with van der Waals surface area (Å²) >= 11 is 0. The fourth-order valence-corrected chi connectivity index (χ4v) is 3.42. The molecule has 0 aliphatic carbocycles. The number of hydrogen-bond acceptors (Lipinski definition) is 3. The van der Waals surface area contributed by atoms with Crippen LogP contribution in [0.2, 0.25) is 0 Å². The minimum atomic E-state index is -0.148. The SMILES string of the molecule is CCN1CCn2c(nc3cc(C(=O)NCc4ccc(C)cc4)ccc32)C1=O. The average Bonchev–Trinajstić information content (AvgIpc) is 3.06. The monoisotopic (exact) mass is 362 g/mol. The Balaban J connectivity index is 1.55. The summed E-state index contributed by atoms with van der Waals surface area (Å²) in [7, 11) is 0. The van der Waals surface area contributed by atoms with Crippen LogP contribution in [0, 0.1) is 6.92 Å². The van der Waals surface area contributed by atoms with Gasteiger partial charge in [-0.3, -0.25) is 9.59 Å².